The zero-order valence-corrected chi connectivity index (χ0v) is 17.8. The molecule has 0 N–H and O–H groups in total. The van der Waals surface area contributed by atoms with Crippen LogP contribution in [0.4, 0.5) is 10.2 Å². The quantitative estimate of drug-likeness (QED) is 0.740. The summed E-state index contributed by atoms with van der Waals surface area (Å²) in [5.41, 5.74) is 0.391. The van der Waals surface area contributed by atoms with E-state index in [-0.39, 0.29) is 11.8 Å². The molecule has 7 heteroatoms. The van der Waals surface area contributed by atoms with Crippen LogP contribution in [0.25, 0.3) is 0 Å². The number of rotatable bonds is 5. The summed E-state index contributed by atoms with van der Waals surface area (Å²) < 4.78 is 13.5. The predicted molar refractivity (Wildman–Crippen MR) is 117 cm³/mol. The SMILES string of the molecule is O=C(CC[C@H]1CCCN(C(=O)c2cccc(F)c2)C1)N1CCN(c2ccccn2)CC1. The van der Waals surface area contributed by atoms with Gasteiger partial charge in [0.25, 0.3) is 5.91 Å². The Morgan fingerprint density at radius 2 is 1.84 bits per heavy atom. The molecule has 2 fully saturated rings. The number of hydrogen-bond donors (Lipinski definition) is 0. The van der Waals surface area contributed by atoms with Crippen LogP contribution in [-0.2, 0) is 4.79 Å². The highest BCUT2D eigenvalue weighted by Crippen LogP contribution is 2.23. The van der Waals surface area contributed by atoms with Gasteiger partial charge in [-0.1, -0.05) is 12.1 Å². The Morgan fingerprint density at radius 3 is 2.58 bits per heavy atom. The molecule has 1 atom stereocenters. The Labute approximate surface area is 182 Å². The number of carbonyl (C=O) groups is 2. The first-order valence-electron chi connectivity index (χ1n) is 11.1. The molecule has 0 bridgehead atoms. The maximum Gasteiger partial charge on any atom is 0.253 e. The third-order valence-electron chi connectivity index (χ3n) is 6.25. The number of anilines is 1. The summed E-state index contributed by atoms with van der Waals surface area (Å²) >= 11 is 0. The Morgan fingerprint density at radius 1 is 1.00 bits per heavy atom. The average Bonchev–Trinajstić information content (AvgIpc) is 2.83. The van der Waals surface area contributed by atoms with E-state index >= 15 is 0 Å². The molecule has 0 spiro atoms. The zero-order valence-electron chi connectivity index (χ0n) is 17.8. The number of nitrogens with zero attached hydrogens (tertiary/aromatic N) is 4. The summed E-state index contributed by atoms with van der Waals surface area (Å²) in [5.74, 6) is 0.938. The fraction of sp³-hybridized carbons (Fsp3) is 0.458. The highest BCUT2D eigenvalue weighted by atomic mass is 19.1. The van der Waals surface area contributed by atoms with Crippen LogP contribution >= 0.6 is 0 Å². The van der Waals surface area contributed by atoms with Gasteiger partial charge in [-0.15, -0.1) is 0 Å². The monoisotopic (exact) mass is 424 g/mol. The lowest BCUT2D eigenvalue weighted by Crippen LogP contribution is -2.49. The van der Waals surface area contributed by atoms with Crippen LogP contribution in [0.5, 0.6) is 0 Å². The second-order valence-electron chi connectivity index (χ2n) is 8.36. The number of halogens is 1. The fourth-order valence-electron chi connectivity index (χ4n) is 4.50. The van der Waals surface area contributed by atoms with Crippen LogP contribution in [0, 0.1) is 11.7 Å². The third-order valence-corrected chi connectivity index (χ3v) is 6.25. The van der Waals surface area contributed by atoms with Gasteiger partial charge in [0.2, 0.25) is 5.91 Å². The van der Waals surface area contributed by atoms with Gasteiger partial charge in [0.15, 0.2) is 0 Å². The molecule has 0 aliphatic carbocycles. The van der Waals surface area contributed by atoms with Crippen molar-refractivity contribution in [3.63, 3.8) is 0 Å². The molecule has 0 unspecified atom stereocenters. The van der Waals surface area contributed by atoms with E-state index in [1.165, 1.54) is 12.1 Å². The molecule has 0 saturated carbocycles. The largest absolute Gasteiger partial charge is 0.353 e. The third kappa shape index (κ3) is 5.40. The van der Waals surface area contributed by atoms with Gasteiger partial charge in [0.05, 0.1) is 0 Å². The Bertz CT molecular complexity index is 899. The molecule has 2 aromatic rings. The minimum absolute atomic E-state index is 0.124. The van der Waals surface area contributed by atoms with Crippen molar-refractivity contribution in [2.24, 2.45) is 5.92 Å². The van der Waals surface area contributed by atoms with Gasteiger partial charge in [0, 0.05) is 57.4 Å². The lowest BCUT2D eigenvalue weighted by molar-refractivity contribution is -0.131. The van der Waals surface area contributed by atoms with Gasteiger partial charge < -0.3 is 14.7 Å². The molecule has 2 aliphatic rings. The summed E-state index contributed by atoms with van der Waals surface area (Å²) in [4.78, 5) is 35.8. The number of pyridine rings is 1. The van der Waals surface area contributed by atoms with Crippen molar-refractivity contribution in [3.8, 4) is 0 Å². The molecule has 4 rings (SSSR count). The smallest absolute Gasteiger partial charge is 0.253 e. The Kier molecular flexibility index (Phi) is 6.79. The topological polar surface area (TPSA) is 56.8 Å². The summed E-state index contributed by atoms with van der Waals surface area (Å²) in [6.45, 7) is 4.34. The number of benzene rings is 1. The molecule has 2 aliphatic heterocycles. The molecule has 31 heavy (non-hydrogen) atoms. The van der Waals surface area contributed by atoms with Crippen molar-refractivity contribution in [1.82, 2.24) is 14.8 Å². The Hall–Kier alpha value is -2.96. The molecule has 164 valence electrons. The van der Waals surface area contributed by atoms with E-state index in [0.29, 0.717) is 44.1 Å². The maximum atomic E-state index is 13.5. The van der Waals surface area contributed by atoms with Crippen molar-refractivity contribution in [1.29, 1.82) is 0 Å². The number of piperidine rings is 1. The van der Waals surface area contributed by atoms with Crippen LogP contribution in [0.15, 0.2) is 48.7 Å². The van der Waals surface area contributed by atoms with Gasteiger partial charge in [0.1, 0.15) is 11.6 Å². The van der Waals surface area contributed by atoms with E-state index in [0.717, 1.165) is 38.2 Å². The first-order valence-corrected chi connectivity index (χ1v) is 11.1. The number of piperazine rings is 1. The molecule has 2 saturated heterocycles. The number of carbonyl (C=O) groups excluding carboxylic acids is 2. The van der Waals surface area contributed by atoms with Gasteiger partial charge in [-0.2, -0.15) is 0 Å². The van der Waals surface area contributed by atoms with Crippen molar-refractivity contribution in [2.45, 2.75) is 25.7 Å². The van der Waals surface area contributed by atoms with Crippen LogP contribution in [0.1, 0.15) is 36.0 Å². The number of likely N-dealkylation sites (tertiary alicyclic amines) is 1. The highest BCUT2D eigenvalue weighted by Gasteiger charge is 2.27. The van der Waals surface area contributed by atoms with Gasteiger partial charge in [-0.3, -0.25) is 9.59 Å². The van der Waals surface area contributed by atoms with E-state index in [4.69, 9.17) is 0 Å². The van der Waals surface area contributed by atoms with E-state index < -0.39 is 5.82 Å². The molecule has 3 heterocycles. The maximum absolute atomic E-state index is 13.5. The first-order chi connectivity index (χ1) is 15.1. The van der Waals surface area contributed by atoms with Gasteiger partial charge in [-0.25, -0.2) is 9.37 Å². The second kappa shape index (κ2) is 9.90. The van der Waals surface area contributed by atoms with Crippen molar-refractivity contribution < 1.29 is 14.0 Å². The molecular formula is C24H29FN4O2. The van der Waals surface area contributed by atoms with Gasteiger partial charge in [-0.05, 0) is 55.5 Å². The van der Waals surface area contributed by atoms with Crippen molar-refractivity contribution in [3.05, 3.63) is 60.0 Å². The predicted octanol–water partition coefficient (Wildman–Crippen LogP) is 3.20. The highest BCUT2D eigenvalue weighted by molar-refractivity contribution is 5.94. The van der Waals surface area contributed by atoms with E-state index in [9.17, 15) is 14.0 Å². The first kappa shape index (κ1) is 21.3. The van der Waals surface area contributed by atoms with Crippen LogP contribution in [0.3, 0.4) is 0 Å². The Balaban J connectivity index is 1.23. The standard InChI is InChI=1S/C24H29FN4O2/c25-21-7-3-6-20(17-21)24(31)29-12-4-5-19(18-29)9-10-23(30)28-15-13-27(14-16-28)22-8-1-2-11-26-22/h1-3,6-8,11,17,19H,4-5,9-10,12-16,18H2/t19-/m1/s1. The second-order valence-corrected chi connectivity index (χ2v) is 8.36. The molecule has 0 radical (unpaired) electrons. The average molecular weight is 425 g/mol. The minimum atomic E-state index is -0.395. The molecule has 2 amide bonds. The van der Waals surface area contributed by atoms with Crippen molar-refractivity contribution >= 4 is 17.6 Å². The van der Waals surface area contributed by atoms with E-state index in [1.54, 1.807) is 23.2 Å². The number of hydrogen-bond acceptors (Lipinski definition) is 4. The van der Waals surface area contributed by atoms with E-state index in [1.807, 2.05) is 23.1 Å². The van der Waals surface area contributed by atoms with Crippen molar-refractivity contribution in [2.75, 3.05) is 44.2 Å². The minimum Gasteiger partial charge on any atom is -0.353 e. The van der Waals surface area contributed by atoms with Gasteiger partial charge >= 0.3 is 0 Å². The van der Waals surface area contributed by atoms with Crippen LogP contribution < -0.4 is 4.90 Å². The van der Waals surface area contributed by atoms with E-state index in [2.05, 4.69) is 9.88 Å². The molecule has 1 aromatic heterocycles. The normalized spacial score (nSPS) is 19.4. The zero-order chi connectivity index (χ0) is 21.6. The molecule has 1 aromatic carbocycles. The molecule has 6 nitrogen and oxygen atoms in total. The van der Waals surface area contributed by atoms with Crippen LogP contribution in [0.2, 0.25) is 0 Å². The summed E-state index contributed by atoms with van der Waals surface area (Å²) in [7, 11) is 0. The lowest BCUT2D eigenvalue weighted by atomic mass is 9.92. The summed E-state index contributed by atoms with van der Waals surface area (Å²) in [5, 5.41) is 0. The number of aromatic nitrogens is 1. The summed E-state index contributed by atoms with van der Waals surface area (Å²) in [6.07, 6.45) is 5.03. The number of amides is 2. The lowest BCUT2D eigenvalue weighted by Gasteiger charge is -2.36. The van der Waals surface area contributed by atoms with Crippen LogP contribution in [-0.4, -0.2) is 65.9 Å². The summed E-state index contributed by atoms with van der Waals surface area (Å²) in [6, 6.07) is 11.7. The fourth-order valence-corrected chi connectivity index (χ4v) is 4.50. The molecular weight excluding hydrogens is 395 g/mol.